The Bertz CT molecular complexity index is 915. The van der Waals surface area contributed by atoms with Gasteiger partial charge in [0.1, 0.15) is 5.69 Å². The number of sulfonamides is 1. The molecule has 1 N–H and O–H groups in total. The lowest BCUT2D eigenvalue weighted by atomic mass is 10.2. The van der Waals surface area contributed by atoms with E-state index in [0.29, 0.717) is 31.0 Å². The van der Waals surface area contributed by atoms with Crippen LogP contribution in [0, 0.1) is 0 Å². The van der Waals surface area contributed by atoms with Gasteiger partial charge in [-0.2, -0.15) is 14.5 Å². The van der Waals surface area contributed by atoms with Crippen molar-refractivity contribution in [1.82, 2.24) is 29.2 Å². The van der Waals surface area contributed by atoms with Crippen LogP contribution in [0.5, 0.6) is 0 Å². The molecule has 0 bridgehead atoms. The van der Waals surface area contributed by atoms with Gasteiger partial charge in [0.15, 0.2) is 0 Å². The van der Waals surface area contributed by atoms with Gasteiger partial charge in [-0.3, -0.25) is 14.2 Å². The van der Waals surface area contributed by atoms with Gasteiger partial charge in [0.05, 0.1) is 43.0 Å². The molecule has 0 atom stereocenters. The topological polar surface area (TPSA) is 102 Å². The molecule has 0 spiro atoms. The van der Waals surface area contributed by atoms with Crippen molar-refractivity contribution in [2.24, 2.45) is 7.05 Å². The summed E-state index contributed by atoms with van der Waals surface area (Å²) in [7, 11) is -1.46. The normalized spacial score (nSPS) is 15.0. The number of carbonyl (C=O) groups is 1. The number of carbonyl (C=O) groups excluding carboxylic acids is 1. The zero-order valence-electron chi connectivity index (χ0n) is 15.3. The Kier molecular flexibility index (Phi) is 5.15. The fourth-order valence-corrected chi connectivity index (χ4v) is 3.83. The molecule has 0 unspecified atom stereocenters. The third-order valence-corrected chi connectivity index (χ3v) is 5.63. The van der Waals surface area contributed by atoms with Crippen LogP contribution in [-0.2, 0) is 43.1 Å². The van der Waals surface area contributed by atoms with Gasteiger partial charge in [0, 0.05) is 13.6 Å². The molecule has 0 fully saturated rings. The van der Waals surface area contributed by atoms with Gasteiger partial charge in [-0.05, 0) is 18.6 Å². The summed E-state index contributed by atoms with van der Waals surface area (Å²) in [6.45, 7) is 3.58. The highest BCUT2D eigenvalue weighted by Gasteiger charge is 2.24. The molecule has 1 amide bonds. The Morgan fingerprint density at radius 1 is 1.23 bits per heavy atom. The first-order chi connectivity index (χ1) is 12.3. The molecule has 2 aromatic rings. The maximum absolute atomic E-state index is 12.4. The lowest BCUT2D eigenvalue weighted by Crippen LogP contribution is -2.37. The predicted molar refractivity (Wildman–Crippen MR) is 95.9 cm³/mol. The summed E-state index contributed by atoms with van der Waals surface area (Å²) in [4.78, 5) is 12.4. The Hall–Kier alpha value is -2.20. The van der Waals surface area contributed by atoms with Gasteiger partial charge in [0.25, 0.3) is 5.91 Å². The van der Waals surface area contributed by atoms with Crippen LogP contribution < -0.4 is 5.32 Å². The molecule has 1 aliphatic rings. The summed E-state index contributed by atoms with van der Waals surface area (Å²) in [6, 6.07) is 3.64. The largest absolute Gasteiger partial charge is 0.345 e. The molecule has 0 aromatic carbocycles. The summed E-state index contributed by atoms with van der Waals surface area (Å²) in [5.74, 6) is -0.203. The number of rotatable bonds is 6. The van der Waals surface area contributed by atoms with Crippen molar-refractivity contribution >= 4 is 15.9 Å². The number of nitrogens with zero attached hydrogens (tertiary/aromatic N) is 5. The molecule has 142 valence electrons. The van der Waals surface area contributed by atoms with Crippen molar-refractivity contribution in [1.29, 1.82) is 0 Å². The Balaban J connectivity index is 1.64. The van der Waals surface area contributed by atoms with E-state index >= 15 is 0 Å². The second-order valence-corrected chi connectivity index (χ2v) is 8.51. The molecular weight excluding hydrogens is 356 g/mol. The van der Waals surface area contributed by atoms with Crippen molar-refractivity contribution in [2.75, 3.05) is 12.8 Å². The Morgan fingerprint density at radius 3 is 2.69 bits per heavy atom. The lowest BCUT2D eigenvalue weighted by Gasteiger charge is -2.25. The zero-order chi connectivity index (χ0) is 18.9. The molecule has 2 aromatic heterocycles. The summed E-state index contributed by atoms with van der Waals surface area (Å²) in [5, 5.41) is 11.6. The quantitative estimate of drug-likeness (QED) is 0.775. The Labute approximate surface area is 153 Å². The van der Waals surface area contributed by atoms with Crippen LogP contribution in [0.4, 0.5) is 0 Å². The molecule has 1 aliphatic heterocycles. The van der Waals surface area contributed by atoms with E-state index in [9.17, 15) is 13.2 Å². The second-order valence-electron chi connectivity index (χ2n) is 6.52. The average Bonchev–Trinajstić information content (AvgIpc) is 3.14. The van der Waals surface area contributed by atoms with Crippen molar-refractivity contribution in [2.45, 2.75) is 39.4 Å². The van der Waals surface area contributed by atoms with Crippen LogP contribution in [0.15, 0.2) is 12.1 Å². The van der Waals surface area contributed by atoms with Gasteiger partial charge >= 0.3 is 0 Å². The Morgan fingerprint density at radius 2 is 2.00 bits per heavy atom. The van der Waals surface area contributed by atoms with Crippen LogP contribution in [0.1, 0.15) is 40.9 Å². The minimum Gasteiger partial charge on any atom is -0.345 e. The number of aromatic nitrogens is 4. The molecule has 10 heteroatoms. The highest BCUT2D eigenvalue weighted by atomic mass is 32.2. The fraction of sp³-hybridized carbons (Fsp3) is 0.562. The van der Waals surface area contributed by atoms with Crippen LogP contribution in [-0.4, -0.2) is 51.0 Å². The van der Waals surface area contributed by atoms with Crippen molar-refractivity contribution in [3.63, 3.8) is 0 Å². The van der Waals surface area contributed by atoms with Crippen LogP contribution in [0.25, 0.3) is 0 Å². The van der Waals surface area contributed by atoms with E-state index < -0.39 is 10.0 Å². The van der Waals surface area contributed by atoms with E-state index in [-0.39, 0.29) is 12.5 Å². The zero-order valence-corrected chi connectivity index (χ0v) is 16.1. The van der Waals surface area contributed by atoms with E-state index in [1.165, 1.54) is 10.6 Å². The smallest absolute Gasteiger partial charge is 0.269 e. The monoisotopic (exact) mass is 380 g/mol. The summed E-state index contributed by atoms with van der Waals surface area (Å²) >= 11 is 0. The summed E-state index contributed by atoms with van der Waals surface area (Å²) in [5.41, 5.74) is 2.95. The molecule has 0 radical (unpaired) electrons. The predicted octanol–water partition coefficient (Wildman–Crippen LogP) is 0.274. The molecule has 3 rings (SSSR count). The number of hydrogen-bond donors (Lipinski definition) is 1. The number of fused-ring (bicyclic) bond motifs is 1. The first-order valence-electron chi connectivity index (χ1n) is 8.59. The maximum Gasteiger partial charge on any atom is 0.269 e. The number of nitrogens with one attached hydrogen (secondary N) is 1. The highest BCUT2D eigenvalue weighted by molar-refractivity contribution is 7.88. The second kappa shape index (κ2) is 7.20. The molecule has 0 saturated heterocycles. The van der Waals surface area contributed by atoms with Gasteiger partial charge in [-0.25, -0.2) is 8.42 Å². The van der Waals surface area contributed by atoms with Gasteiger partial charge in [-0.1, -0.05) is 13.3 Å². The van der Waals surface area contributed by atoms with E-state index in [1.807, 2.05) is 6.07 Å². The van der Waals surface area contributed by atoms with Crippen LogP contribution in [0.2, 0.25) is 0 Å². The standard InChI is InChI=1S/C16H24N6O3S/c1-4-5-12-9-15(20(2)18-12)16(23)17-10-13-8-14-11-21(26(3,24)25)6-7-22(14)19-13/h8-9H,4-7,10-11H2,1-3H3,(H,17,23). The van der Waals surface area contributed by atoms with Crippen LogP contribution >= 0.6 is 0 Å². The number of aryl methyl sites for hydroxylation is 2. The SMILES string of the molecule is CCCc1cc(C(=O)NCc2cc3n(n2)CCN(S(C)(=O)=O)C3)n(C)n1. The van der Waals surface area contributed by atoms with Gasteiger partial charge in [-0.15, -0.1) is 0 Å². The highest BCUT2D eigenvalue weighted by Crippen LogP contribution is 2.16. The minimum atomic E-state index is -3.22. The van der Waals surface area contributed by atoms with E-state index in [4.69, 9.17) is 0 Å². The molecule has 26 heavy (non-hydrogen) atoms. The third-order valence-electron chi connectivity index (χ3n) is 4.38. The molecule has 0 saturated carbocycles. The van der Waals surface area contributed by atoms with Crippen molar-refractivity contribution < 1.29 is 13.2 Å². The number of hydrogen-bond acceptors (Lipinski definition) is 5. The maximum atomic E-state index is 12.4. The average molecular weight is 380 g/mol. The lowest BCUT2D eigenvalue weighted by molar-refractivity contribution is 0.0941. The third kappa shape index (κ3) is 3.96. The van der Waals surface area contributed by atoms with Crippen molar-refractivity contribution in [3.8, 4) is 0 Å². The summed E-state index contributed by atoms with van der Waals surface area (Å²) in [6.07, 6.45) is 3.02. The molecular formula is C16H24N6O3S. The van der Waals surface area contributed by atoms with Crippen LogP contribution in [0.3, 0.4) is 0 Å². The van der Waals surface area contributed by atoms with E-state index in [2.05, 4.69) is 22.4 Å². The van der Waals surface area contributed by atoms with Crippen molar-refractivity contribution in [3.05, 3.63) is 34.9 Å². The molecule has 3 heterocycles. The molecule has 0 aliphatic carbocycles. The molecule has 9 nitrogen and oxygen atoms in total. The van der Waals surface area contributed by atoms with E-state index in [0.717, 1.165) is 24.2 Å². The fourth-order valence-electron chi connectivity index (χ4n) is 3.05. The van der Waals surface area contributed by atoms with E-state index in [1.54, 1.807) is 22.5 Å². The van der Waals surface area contributed by atoms with Gasteiger partial charge in [0.2, 0.25) is 10.0 Å². The first kappa shape index (κ1) is 18.6. The number of amides is 1. The van der Waals surface area contributed by atoms with Gasteiger partial charge < -0.3 is 5.32 Å². The summed E-state index contributed by atoms with van der Waals surface area (Å²) < 4.78 is 28.2. The minimum absolute atomic E-state index is 0.203. The first-order valence-corrected chi connectivity index (χ1v) is 10.4.